The Bertz CT molecular complexity index is 1090. The number of rotatable bonds is 53. The van der Waals surface area contributed by atoms with Crippen LogP contribution in [0.4, 0.5) is 0 Å². The van der Waals surface area contributed by atoms with Crippen LogP contribution in [0.15, 0.2) is 12.2 Å². The molecule has 0 spiro atoms. The Labute approximate surface area is 408 Å². The number of unbranched alkanes of at least 4 members (excludes halogenated alkanes) is 36. The van der Waals surface area contributed by atoms with Crippen LogP contribution in [0.1, 0.15) is 277 Å². The molecule has 1 N–H and O–H groups in total. The van der Waals surface area contributed by atoms with E-state index in [0.29, 0.717) is 23.9 Å². The lowest BCUT2D eigenvalue weighted by atomic mass is 10.0. The molecule has 0 aliphatic heterocycles. The van der Waals surface area contributed by atoms with E-state index in [0.717, 1.165) is 51.4 Å². The van der Waals surface area contributed by atoms with Gasteiger partial charge in [-0.25, -0.2) is 4.79 Å². The van der Waals surface area contributed by atoms with Gasteiger partial charge in [-0.15, -0.1) is 0 Å². The number of carboxylic acids is 1. The zero-order chi connectivity index (χ0) is 48.4. The molecule has 0 heterocycles. The van der Waals surface area contributed by atoms with Crippen LogP contribution in [0.5, 0.6) is 0 Å². The van der Waals surface area contributed by atoms with Gasteiger partial charge in [0.1, 0.15) is 13.2 Å². The number of carbonyl (C=O) groups excluding carboxylic acids is 2. The minimum Gasteiger partial charge on any atom is -0.477 e. The van der Waals surface area contributed by atoms with Crippen molar-refractivity contribution >= 4 is 17.9 Å². The number of allylic oxidation sites excluding steroid dienone is 2. The first-order valence-corrected chi connectivity index (χ1v) is 28.4. The van der Waals surface area contributed by atoms with Crippen LogP contribution in [0.25, 0.3) is 0 Å². The smallest absolute Gasteiger partial charge is 0.361 e. The topological polar surface area (TPSA) is 108 Å². The molecular formula is C57H110NO8+. The highest BCUT2D eigenvalue weighted by molar-refractivity contribution is 5.71. The quantitative estimate of drug-likeness (QED) is 0.0211. The fraction of sp³-hybridized carbons (Fsp3) is 0.912. The molecule has 0 fully saturated rings. The summed E-state index contributed by atoms with van der Waals surface area (Å²) in [5.74, 6) is -2.00. The van der Waals surface area contributed by atoms with Crippen molar-refractivity contribution in [2.24, 2.45) is 0 Å². The van der Waals surface area contributed by atoms with E-state index in [9.17, 15) is 19.5 Å². The molecule has 0 aromatic rings. The molecule has 9 heteroatoms. The number of ether oxygens (including phenoxy) is 4. The molecule has 0 aromatic heterocycles. The second-order valence-corrected chi connectivity index (χ2v) is 20.6. The summed E-state index contributed by atoms with van der Waals surface area (Å²) < 4.78 is 22.8. The van der Waals surface area contributed by atoms with Gasteiger partial charge in [-0.1, -0.05) is 238 Å². The summed E-state index contributed by atoms with van der Waals surface area (Å²) in [7, 11) is 5.97. The summed E-state index contributed by atoms with van der Waals surface area (Å²) in [4.78, 5) is 37.2. The highest BCUT2D eigenvalue weighted by Gasteiger charge is 2.25. The number of carboxylic acid groups (broad SMARTS) is 1. The van der Waals surface area contributed by atoms with E-state index in [1.54, 1.807) is 0 Å². The van der Waals surface area contributed by atoms with Gasteiger partial charge in [0.15, 0.2) is 6.10 Å². The third-order valence-corrected chi connectivity index (χ3v) is 12.8. The van der Waals surface area contributed by atoms with Crippen LogP contribution >= 0.6 is 0 Å². The molecule has 9 nitrogen and oxygen atoms in total. The molecule has 66 heavy (non-hydrogen) atoms. The average Bonchev–Trinajstić information content (AvgIpc) is 3.28. The fourth-order valence-electron chi connectivity index (χ4n) is 8.36. The first kappa shape index (κ1) is 64.0. The van der Waals surface area contributed by atoms with Crippen LogP contribution in [0, 0.1) is 0 Å². The summed E-state index contributed by atoms with van der Waals surface area (Å²) in [6, 6.07) is 0. The van der Waals surface area contributed by atoms with Crippen molar-refractivity contribution in [1.82, 2.24) is 0 Å². The lowest BCUT2D eigenvalue weighted by Gasteiger charge is -2.25. The summed E-state index contributed by atoms with van der Waals surface area (Å²) >= 11 is 0. The number of hydrogen-bond donors (Lipinski definition) is 1. The molecule has 0 saturated carbocycles. The van der Waals surface area contributed by atoms with Crippen LogP contribution in [-0.2, 0) is 33.3 Å². The predicted molar refractivity (Wildman–Crippen MR) is 277 cm³/mol. The third-order valence-electron chi connectivity index (χ3n) is 12.8. The van der Waals surface area contributed by atoms with Gasteiger partial charge >= 0.3 is 17.9 Å². The molecule has 0 amide bonds. The minimum absolute atomic E-state index is 0.179. The molecule has 0 saturated heterocycles. The first-order valence-electron chi connectivity index (χ1n) is 28.4. The lowest BCUT2D eigenvalue weighted by molar-refractivity contribution is -0.870. The number of aliphatic carboxylic acids is 1. The van der Waals surface area contributed by atoms with Crippen molar-refractivity contribution < 1.29 is 42.9 Å². The maximum Gasteiger partial charge on any atom is 0.361 e. The number of hydrogen-bond acceptors (Lipinski definition) is 7. The van der Waals surface area contributed by atoms with E-state index in [2.05, 4.69) is 26.0 Å². The molecule has 0 aliphatic carbocycles. The highest BCUT2D eigenvalue weighted by Crippen LogP contribution is 2.17. The van der Waals surface area contributed by atoms with Gasteiger partial charge < -0.3 is 28.5 Å². The van der Waals surface area contributed by atoms with E-state index < -0.39 is 24.3 Å². The van der Waals surface area contributed by atoms with Gasteiger partial charge in [-0.05, 0) is 38.5 Å². The normalized spacial score (nSPS) is 12.8. The lowest BCUT2D eigenvalue weighted by Crippen LogP contribution is -2.40. The largest absolute Gasteiger partial charge is 0.477 e. The number of quaternary nitrogens is 1. The molecule has 0 aromatic carbocycles. The molecule has 2 atom stereocenters. The molecular weight excluding hydrogens is 827 g/mol. The summed E-state index contributed by atoms with van der Waals surface area (Å²) in [5, 5.41) is 9.66. The second-order valence-electron chi connectivity index (χ2n) is 20.6. The van der Waals surface area contributed by atoms with Crippen LogP contribution in [-0.4, -0.2) is 87.4 Å². The third kappa shape index (κ3) is 49.9. The van der Waals surface area contributed by atoms with Crippen molar-refractivity contribution in [1.29, 1.82) is 0 Å². The Morgan fingerprint density at radius 3 is 1.15 bits per heavy atom. The van der Waals surface area contributed by atoms with E-state index in [1.807, 2.05) is 21.1 Å². The van der Waals surface area contributed by atoms with Crippen molar-refractivity contribution in [2.75, 3.05) is 47.5 Å². The molecule has 390 valence electrons. The van der Waals surface area contributed by atoms with Crippen LogP contribution < -0.4 is 0 Å². The van der Waals surface area contributed by atoms with Gasteiger partial charge in [0.2, 0.25) is 0 Å². The molecule has 0 aliphatic rings. The van der Waals surface area contributed by atoms with Crippen molar-refractivity contribution in [3.63, 3.8) is 0 Å². The predicted octanol–water partition coefficient (Wildman–Crippen LogP) is 16.2. The van der Waals surface area contributed by atoms with Crippen LogP contribution in [0.3, 0.4) is 0 Å². The summed E-state index contributed by atoms with van der Waals surface area (Å²) in [6.45, 7) is 4.88. The van der Waals surface area contributed by atoms with Gasteiger partial charge in [-0.2, -0.15) is 0 Å². The molecule has 0 bridgehead atoms. The Kier molecular flexibility index (Phi) is 48.0. The van der Waals surface area contributed by atoms with Crippen molar-refractivity contribution in [2.45, 2.75) is 289 Å². The Morgan fingerprint density at radius 2 is 0.773 bits per heavy atom. The van der Waals surface area contributed by atoms with Crippen molar-refractivity contribution in [3.05, 3.63) is 12.2 Å². The fourth-order valence-corrected chi connectivity index (χ4v) is 8.36. The number of nitrogens with zero attached hydrogens (tertiary/aromatic N) is 1. The Balaban J connectivity index is 4.05. The van der Waals surface area contributed by atoms with Crippen LogP contribution in [0.2, 0.25) is 0 Å². The van der Waals surface area contributed by atoms with Gasteiger partial charge in [0, 0.05) is 12.8 Å². The molecule has 0 rings (SSSR count). The second kappa shape index (κ2) is 49.5. The zero-order valence-electron chi connectivity index (χ0n) is 44.4. The maximum atomic E-state index is 12.8. The zero-order valence-corrected chi connectivity index (χ0v) is 44.4. The van der Waals surface area contributed by atoms with E-state index in [1.165, 1.54) is 193 Å². The Morgan fingerprint density at radius 1 is 0.439 bits per heavy atom. The van der Waals surface area contributed by atoms with Crippen molar-refractivity contribution in [3.8, 4) is 0 Å². The summed E-state index contributed by atoms with van der Waals surface area (Å²) in [5.41, 5.74) is 0. The molecule has 2 unspecified atom stereocenters. The minimum atomic E-state index is -1.51. The molecule has 0 radical (unpaired) electrons. The first-order chi connectivity index (χ1) is 32.1. The van der Waals surface area contributed by atoms with E-state index >= 15 is 0 Å². The SMILES string of the molecule is CCCCC/C=C\CCCCCCCC(=O)OC(COC(=O)CCCCCCCCCCCCCCCCCCCCCCCCCCCCCCC)COC(OCC[N+](C)(C)C)C(=O)O. The van der Waals surface area contributed by atoms with Gasteiger partial charge in [0.25, 0.3) is 6.29 Å². The standard InChI is InChI=1S/C57H109NO8/c1-6-8-10-12-14-16-18-20-21-22-23-24-25-26-27-28-29-30-31-32-33-34-35-36-38-39-41-43-45-47-54(59)64-51-53(52-65-57(56(61)62)63-50-49-58(3,4)5)66-55(60)48-46-44-42-40-37-19-17-15-13-11-9-7-2/h15,17,53,57H,6-14,16,18-52H2,1-5H3/p+1/b17-15-. The highest BCUT2D eigenvalue weighted by atomic mass is 16.7. The number of carbonyl (C=O) groups is 3. The van der Waals surface area contributed by atoms with E-state index in [-0.39, 0.29) is 32.2 Å². The average molecular weight is 938 g/mol. The summed E-state index contributed by atoms with van der Waals surface area (Å²) in [6.07, 6.45) is 53.1. The number of likely N-dealkylation sites (N-methyl/N-ethyl adjacent to an activating group) is 1. The van der Waals surface area contributed by atoms with Gasteiger partial charge in [0.05, 0.1) is 34.4 Å². The maximum absolute atomic E-state index is 12.8. The Hall–Kier alpha value is -1.97. The van der Waals surface area contributed by atoms with Gasteiger partial charge in [-0.3, -0.25) is 9.59 Å². The van der Waals surface area contributed by atoms with E-state index in [4.69, 9.17) is 18.9 Å². The number of esters is 2. The monoisotopic (exact) mass is 937 g/mol.